The minimum absolute atomic E-state index is 0.319. The number of rotatable bonds is 7. The number of carbonyl (C=O) groups is 2. The molecular weight excluding hydrogens is 290 g/mol. The second-order valence-corrected chi connectivity index (χ2v) is 5.34. The van der Waals surface area contributed by atoms with E-state index in [1.165, 1.54) is 5.01 Å². The molecule has 0 saturated heterocycles. The molecule has 0 aromatic heterocycles. The van der Waals surface area contributed by atoms with Crippen LogP contribution in [0.5, 0.6) is 0 Å². The molecule has 0 atom stereocenters. The van der Waals surface area contributed by atoms with Gasteiger partial charge in [0.2, 0.25) is 0 Å². The Bertz CT molecular complexity index is 525. The van der Waals surface area contributed by atoms with Gasteiger partial charge in [0.15, 0.2) is 0 Å². The number of nitrogens with zero attached hydrogens (tertiary/aromatic N) is 3. The molecule has 120 valence electrons. The number of ether oxygens (including phenoxy) is 1. The average Bonchev–Trinajstić information content (AvgIpc) is 2.45. The van der Waals surface area contributed by atoms with E-state index in [0.717, 1.165) is 0 Å². The van der Waals surface area contributed by atoms with E-state index in [4.69, 9.17) is 14.7 Å². The van der Waals surface area contributed by atoms with Gasteiger partial charge in [-0.1, -0.05) is 18.2 Å². The monoisotopic (exact) mass is 309 g/mol. The number of carboxylic acid groups (broad SMARTS) is 1. The molecule has 0 bridgehead atoms. The zero-order valence-corrected chi connectivity index (χ0v) is 12.7. The van der Waals surface area contributed by atoms with Crippen LogP contribution < -0.4 is 0 Å². The van der Waals surface area contributed by atoms with Crippen molar-refractivity contribution in [3.63, 3.8) is 0 Å². The lowest BCUT2D eigenvalue weighted by atomic mass is 10.1. The van der Waals surface area contributed by atoms with Gasteiger partial charge in [-0.2, -0.15) is 0 Å². The Hall–Kier alpha value is -2.64. The third kappa shape index (κ3) is 6.21. The topological polar surface area (TPSA) is 101 Å². The fourth-order valence-corrected chi connectivity index (χ4v) is 1.36. The fraction of sp³-hybridized carbons (Fsp3) is 0.429. The fourth-order valence-electron chi connectivity index (χ4n) is 1.36. The molecule has 1 aromatic carbocycles. The van der Waals surface area contributed by atoms with E-state index in [0.29, 0.717) is 5.56 Å². The first-order chi connectivity index (χ1) is 10.3. The summed E-state index contributed by atoms with van der Waals surface area (Å²) in [5.74, 6) is -1.58. The first-order valence-electron chi connectivity index (χ1n) is 6.55. The van der Waals surface area contributed by atoms with E-state index in [9.17, 15) is 9.59 Å². The van der Waals surface area contributed by atoms with Gasteiger partial charge in [-0.15, -0.1) is 0 Å². The molecule has 8 heteroatoms. The number of hydrogen-bond acceptors (Lipinski definition) is 6. The second kappa shape index (κ2) is 7.96. The summed E-state index contributed by atoms with van der Waals surface area (Å²) in [6.07, 6.45) is 0. The Labute approximate surface area is 128 Å². The van der Waals surface area contributed by atoms with Crippen LogP contribution in [0.15, 0.2) is 40.8 Å². The quantitative estimate of drug-likeness (QED) is 0.273. The lowest BCUT2D eigenvalue weighted by Crippen LogP contribution is -2.40. The molecule has 0 amide bonds. The van der Waals surface area contributed by atoms with Gasteiger partial charge in [-0.25, -0.2) is 4.79 Å². The zero-order chi connectivity index (χ0) is 16.6. The molecule has 0 fully saturated rings. The van der Waals surface area contributed by atoms with Crippen LogP contribution in [0, 0.1) is 0 Å². The Morgan fingerprint density at radius 3 is 2.41 bits per heavy atom. The highest BCUT2D eigenvalue weighted by atomic mass is 16.8. The summed E-state index contributed by atoms with van der Waals surface area (Å²) in [5.41, 5.74) is -0.142. The molecule has 0 aliphatic heterocycles. The van der Waals surface area contributed by atoms with Crippen molar-refractivity contribution >= 4 is 11.9 Å². The van der Waals surface area contributed by atoms with Crippen LogP contribution in [0.1, 0.15) is 31.1 Å². The van der Waals surface area contributed by atoms with E-state index >= 15 is 0 Å². The minimum Gasteiger partial charge on any atom is -0.480 e. The lowest BCUT2D eigenvalue weighted by Gasteiger charge is -2.29. The zero-order valence-electron chi connectivity index (χ0n) is 12.7. The molecule has 0 spiro atoms. The summed E-state index contributed by atoms with van der Waals surface area (Å²) in [5, 5.41) is 17.1. The van der Waals surface area contributed by atoms with Gasteiger partial charge in [0.1, 0.15) is 6.54 Å². The van der Waals surface area contributed by atoms with Crippen molar-refractivity contribution in [1.82, 2.24) is 5.01 Å². The van der Waals surface area contributed by atoms with Crippen molar-refractivity contribution in [2.24, 2.45) is 10.5 Å². The Morgan fingerprint density at radius 1 is 1.23 bits per heavy atom. The molecule has 0 heterocycles. The molecule has 1 aromatic rings. The molecule has 0 radical (unpaired) electrons. The summed E-state index contributed by atoms with van der Waals surface area (Å²) < 4.78 is 4.83. The number of benzene rings is 1. The average molecular weight is 309 g/mol. The van der Waals surface area contributed by atoms with Gasteiger partial charge in [-0.3, -0.25) is 9.80 Å². The highest BCUT2D eigenvalue weighted by Crippen LogP contribution is 2.13. The van der Waals surface area contributed by atoms with Gasteiger partial charge in [0.25, 0.3) is 6.79 Å². The predicted octanol–water partition coefficient (Wildman–Crippen LogP) is 2.28. The molecule has 0 aliphatic carbocycles. The van der Waals surface area contributed by atoms with Gasteiger partial charge >= 0.3 is 11.9 Å². The summed E-state index contributed by atoms with van der Waals surface area (Å²) in [6.45, 7) is 4.61. The van der Waals surface area contributed by atoms with Crippen molar-refractivity contribution < 1.29 is 24.3 Å². The SMILES string of the molecule is CC(C)(C)N(CC(=O)O)/N=N\OCOC(=O)c1ccccc1. The smallest absolute Gasteiger partial charge is 0.341 e. The third-order valence-electron chi connectivity index (χ3n) is 2.51. The summed E-state index contributed by atoms with van der Waals surface area (Å²) >= 11 is 0. The first kappa shape index (κ1) is 17.4. The standard InChI is InChI=1S/C14H19N3O5/c1-14(2,3)17(9-12(18)19)15-16-22-10-21-13(20)11-7-5-4-6-8-11/h4-8H,9-10H2,1-3H3,(H,18,19)/b16-15-. The maximum Gasteiger partial charge on any atom is 0.341 e. The summed E-state index contributed by atoms with van der Waals surface area (Å²) in [6, 6.07) is 8.43. The van der Waals surface area contributed by atoms with Crippen molar-refractivity contribution in [2.45, 2.75) is 26.3 Å². The summed E-state index contributed by atoms with van der Waals surface area (Å²) in [7, 11) is 0. The molecule has 0 aliphatic rings. The van der Waals surface area contributed by atoms with Crippen LogP contribution in [-0.2, 0) is 14.4 Å². The van der Waals surface area contributed by atoms with E-state index in [1.807, 2.05) is 0 Å². The van der Waals surface area contributed by atoms with Gasteiger partial charge in [-0.05, 0) is 38.1 Å². The second-order valence-electron chi connectivity index (χ2n) is 5.34. The normalized spacial score (nSPS) is 11.2. The molecule has 1 rings (SSSR count). The van der Waals surface area contributed by atoms with E-state index in [-0.39, 0.29) is 6.54 Å². The maximum absolute atomic E-state index is 11.6. The van der Waals surface area contributed by atoms with Crippen LogP contribution in [0.3, 0.4) is 0 Å². The number of hydrogen-bond donors (Lipinski definition) is 1. The molecule has 8 nitrogen and oxygen atoms in total. The molecule has 0 saturated carbocycles. The largest absolute Gasteiger partial charge is 0.480 e. The number of carboxylic acids is 1. The summed E-state index contributed by atoms with van der Waals surface area (Å²) in [4.78, 5) is 27.0. The lowest BCUT2D eigenvalue weighted by molar-refractivity contribution is -0.140. The number of aliphatic carboxylic acids is 1. The number of esters is 1. The molecule has 0 unspecified atom stereocenters. The minimum atomic E-state index is -1.04. The molecule has 22 heavy (non-hydrogen) atoms. The molecule has 1 N–H and O–H groups in total. The van der Waals surface area contributed by atoms with Crippen molar-refractivity contribution in [3.05, 3.63) is 35.9 Å². The van der Waals surface area contributed by atoms with Crippen LogP contribution >= 0.6 is 0 Å². The van der Waals surface area contributed by atoms with Gasteiger partial charge < -0.3 is 14.7 Å². The Morgan fingerprint density at radius 2 is 1.86 bits per heavy atom. The van der Waals surface area contributed by atoms with Crippen LogP contribution in [-0.4, -0.2) is 40.9 Å². The Kier molecular flexibility index (Phi) is 6.30. The van der Waals surface area contributed by atoms with E-state index in [1.54, 1.807) is 51.1 Å². The van der Waals surface area contributed by atoms with Gasteiger partial charge in [0, 0.05) is 5.28 Å². The predicted molar refractivity (Wildman–Crippen MR) is 76.8 cm³/mol. The van der Waals surface area contributed by atoms with Crippen LogP contribution in [0.2, 0.25) is 0 Å². The van der Waals surface area contributed by atoms with Crippen molar-refractivity contribution in [3.8, 4) is 0 Å². The van der Waals surface area contributed by atoms with Crippen LogP contribution in [0.4, 0.5) is 0 Å². The van der Waals surface area contributed by atoms with Crippen LogP contribution in [0.25, 0.3) is 0 Å². The highest BCUT2D eigenvalue weighted by Gasteiger charge is 2.22. The maximum atomic E-state index is 11.6. The third-order valence-corrected chi connectivity index (χ3v) is 2.51. The Balaban J connectivity index is 2.41. The molecular formula is C14H19N3O5. The highest BCUT2D eigenvalue weighted by molar-refractivity contribution is 5.89. The van der Waals surface area contributed by atoms with Crippen molar-refractivity contribution in [1.29, 1.82) is 0 Å². The first-order valence-corrected chi connectivity index (χ1v) is 6.55. The van der Waals surface area contributed by atoms with E-state index < -0.39 is 24.3 Å². The van der Waals surface area contributed by atoms with Gasteiger partial charge in [0.05, 0.1) is 11.1 Å². The van der Waals surface area contributed by atoms with E-state index in [2.05, 4.69) is 10.5 Å². The van der Waals surface area contributed by atoms with Crippen molar-refractivity contribution in [2.75, 3.05) is 13.3 Å². The number of carbonyl (C=O) groups excluding carboxylic acids is 1.